The summed E-state index contributed by atoms with van der Waals surface area (Å²) in [6.45, 7) is 5.53. The molecule has 1 aliphatic carbocycles. The molecule has 0 radical (unpaired) electrons. The monoisotopic (exact) mass is 282 g/mol. The van der Waals surface area contributed by atoms with Crippen LogP contribution in [-0.4, -0.2) is 41.1 Å². The molecule has 5 heteroatoms. The Morgan fingerprint density at radius 2 is 1.85 bits per heavy atom. The first kappa shape index (κ1) is 15.1. The largest absolute Gasteiger partial charge is 0.481 e. The minimum Gasteiger partial charge on any atom is -0.481 e. The van der Waals surface area contributed by atoms with Gasteiger partial charge in [-0.05, 0) is 38.5 Å². The Kier molecular flexibility index (Phi) is 4.55. The van der Waals surface area contributed by atoms with E-state index in [9.17, 15) is 14.7 Å². The van der Waals surface area contributed by atoms with Crippen LogP contribution in [0.25, 0.3) is 0 Å². The zero-order valence-electron chi connectivity index (χ0n) is 12.5. The van der Waals surface area contributed by atoms with Gasteiger partial charge in [0.2, 0.25) is 0 Å². The molecule has 2 unspecified atom stereocenters. The molecule has 2 N–H and O–H groups in total. The maximum Gasteiger partial charge on any atom is 0.317 e. The molecule has 2 atom stereocenters. The van der Waals surface area contributed by atoms with Gasteiger partial charge in [-0.3, -0.25) is 4.79 Å². The third-order valence-electron chi connectivity index (χ3n) is 5.07. The Morgan fingerprint density at radius 1 is 1.20 bits per heavy atom. The van der Waals surface area contributed by atoms with Crippen molar-refractivity contribution in [3.63, 3.8) is 0 Å². The fraction of sp³-hybridized carbons (Fsp3) is 0.867. The first-order valence-corrected chi connectivity index (χ1v) is 7.72. The van der Waals surface area contributed by atoms with Gasteiger partial charge < -0.3 is 15.3 Å². The van der Waals surface area contributed by atoms with Crippen LogP contribution in [0.15, 0.2) is 0 Å². The molecule has 0 bridgehead atoms. The Hall–Kier alpha value is -1.26. The number of carbonyl (C=O) groups excluding carboxylic acids is 1. The van der Waals surface area contributed by atoms with Gasteiger partial charge in [0, 0.05) is 19.1 Å². The van der Waals surface area contributed by atoms with E-state index >= 15 is 0 Å². The number of piperidine rings is 1. The number of nitrogens with one attached hydrogen (secondary N) is 1. The lowest BCUT2D eigenvalue weighted by molar-refractivity contribution is -0.151. The highest BCUT2D eigenvalue weighted by Gasteiger charge is 2.44. The second kappa shape index (κ2) is 6.02. The molecule has 0 aromatic rings. The number of carboxylic acid groups (broad SMARTS) is 1. The highest BCUT2D eigenvalue weighted by molar-refractivity contribution is 5.79. The standard InChI is InChI=1S/C15H26N2O3/c1-11-6-9-17(10-7-11)14(20)16-12-5-3-4-8-15(12,2)13(18)19/h11-12H,3-10H2,1-2H3,(H,16,20)(H,18,19). The number of carboxylic acids is 1. The van der Waals surface area contributed by atoms with Gasteiger partial charge in [0.1, 0.15) is 0 Å². The smallest absolute Gasteiger partial charge is 0.317 e. The topological polar surface area (TPSA) is 69.6 Å². The van der Waals surface area contributed by atoms with E-state index in [1.165, 1.54) is 0 Å². The Morgan fingerprint density at radius 3 is 2.45 bits per heavy atom. The molecule has 0 aromatic carbocycles. The first-order chi connectivity index (χ1) is 9.43. The molecule has 2 amide bonds. The number of amides is 2. The lowest BCUT2D eigenvalue weighted by Gasteiger charge is -2.40. The quantitative estimate of drug-likeness (QED) is 0.817. The number of hydrogen-bond donors (Lipinski definition) is 2. The van der Waals surface area contributed by atoms with Crippen molar-refractivity contribution < 1.29 is 14.7 Å². The van der Waals surface area contributed by atoms with Crippen LogP contribution in [0, 0.1) is 11.3 Å². The molecule has 5 nitrogen and oxygen atoms in total. The summed E-state index contributed by atoms with van der Waals surface area (Å²) in [6.07, 6.45) is 5.40. The van der Waals surface area contributed by atoms with Crippen molar-refractivity contribution in [2.24, 2.45) is 11.3 Å². The average Bonchev–Trinajstić information content (AvgIpc) is 2.42. The van der Waals surface area contributed by atoms with Crippen molar-refractivity contribution in [2.75, 3.05) is 13.1 Å². The maximum absolute atomic E-state index is 12.3. The zero-order chi connectivity index (χ0) is 14.8. The van der Waals surface area contributed by atoms with E-state index in [1.807, 2.05) is 4.90 Å². The van der Waals surface area contributed by atoms with Crippen molar-refractivity contribution in [3.8, 4) is 0 Å². The van der Waals surface area contributed by atoms with Gasteiger partial charge in [-0.15, -0.1) is 0 Å². The van der Waals surface area contributed by atoms with Gasteiger partial charge in [0.25, 0.3) is 0 Å². The highest BCUT2D eigenvalue weighted by atomic mass is 16.4. The first-order valence-electron chi connectivity index (χ1n) is 7.72. The lowest BCUT2D eigenvalue weighted by Crippen LogP contribution is -2.56. The summed E-state index contributed by atoms with van der Waals surface area (Å²) in [4.78, 5) is 25.7. The van der Waals surface area contributed by atoms with Gasteiger partial charge in [-0.25, -0.2) is 4.79 Å². The normalized spacial score (nSPS) is 31.9. The van der Waals surface area contributed by atoms with E-state index in [-0.39, 0.29) is 12.1 Å². The number of hydrogen-bond acceptors (Lipinski definition) is 2. The summed E-state index contributed by atoms with van der Waals surface area (Å²) in [5.74, 6) is -0.118. The van der Waals surface area contributed by atoms with Gasteiger partial charge in [-0.1, -0.05) is 19.8 Å². The van der Waals surface area contributed by atoms with Crippen molar-refractivity contribution in [3.05, 3.63) is 0 Å². The average molecular weight is 282 g/mol. The Balaban J connectivity index is 1.97. The van der Waals surface area contributed by atoms with Gasteiger partial charge in [0.15, 0.2) is 0 Å². The van der Waals surface area contributed by atoms with Crippen LogP contribution in [0.1, 0.15) is 52.4 Å². The summed E-state index contributed by atoms with van der Waals surface area (Å²) >= 11 is 0. The molecule has 1 aliphatic heterocycles. The zero-order valence-corrected chi connectivity index (χ0v) is 12.5. The second-order valence-corrected chi connectivity index (χ2v) is 6.64. The van der Waals surface area contributed by atoms with E-state index in [1.54, 1.807) is 6.92 Å². The summed E-state index contributed by atoms with van der Waals surface area (Å²) in [6, 6.07) is -0.336. The van der Waals surface area contributed by atoms with Crippen molar-refractivity contribution in [1.82, 2.24) is 10.2 Å². The lowest BCUT2D eigenvalue weighted by atomic mass is 9.72. The molecule has 0 spiro atoms. The second-order valence-electron chi connectivity index (χ2n) is 6.64. The van der Waals surface area contributed by atoms with E-state index in [0.29, 0.717) is 12.3 Å². The Bertz CT molecular complexity index is 377. The number of aliphatic carboxylic acids is 1. The molecule has 2 aliphatic rings. The predicted octanol–water partition coefficient (Wildman–Crippen LogP) is 2.46. The molecule has 1 saturated heterocycles. The van der Waals surface area contributed by atoms with Crippen LogP contribution in [0.3, 0.4) is 0 Å². The number of carbonyl (C=O) groups is 2. The fourth-order valence-corrected chi connectivity index (χ4v) is 3.27. The maximum atomic E-state index is 12.3. The molecular formula is C15H26N2O3. The van der Waals surface area contributed by atoms with Crippen LogP contribution in [0.4, 0.5) is 4.79 Å². The molecule has 2 rings (SSSR count). The van der Waals surface area contributed by atoms with Crippen LogP contribution in [0.2, 0.25) is 0 Å². The third-order valence-corrected chi connectivity index (χ3v) is 5.07. The van der Waals surface area contributed by atoms with Gasteiger partial charge in [-0.2, -0.15) is 0 Å². The van der Waals surface area contributed by atoms with E-state index < -0.39 is 11.4 Å². The number of urea groups is 1. The van der Waals surface area contributed by atoms with Crippen molar-refractivity contribution >= 4 is 12.0 Å². The van der Waals surface area contributed by atoms with E-state index in [0.717, 1.165) is 45.2 Å². The minimum absolute atomic E-state index is 0.0868. The molecule has 1 heterocycles. The van der Waals surface area contributed by atoms with Crippen molar-refractivity contribution in [1.29, 1.82) is 0 Å². The number of nitrogens with zero attached hydrogens (tertiary/aromatic N) is 1. The minimum atomic E-state index is -0.822. The summed E-state index contributed by atoms with van der Waals surface area (Å²) in [5.41, 5.74) is -0.822. The Labute approximate surface area is 120 Å². The van der Waals surface area contributed by atoms with Crippen LogP contribution in [-0.2, 0) is 4.79 Å². The number of likely N-dealkylation sites (tertiary alicyclic amines) is 1. The molecule has 114 valence electrons. The molecule has 20 heavy (non-hydrogen) atoms. The van der Waals surface area contributed by atoms with E-state index in [4.69, 9.17) is 0 Å². The molecule has 1 saturated carbocycles. The molecular weight excluding hydrogens is 256 g/mol. The van der Waals surface area contributed by atoms with Crippen LogP contribution < -0.4 is 5.32 Å². The van der Waals surface area contributed by atoms with E-state index in [2.05, 4.69) is 12.2 Å². The number of rotatable bonds is 2. The summed E-state index contributed by atoms with van der Waals surface area (Å²) in [5, 5.41) is 12.4. The SMILES string of the molecule is CC1CCN(C(=O)NC2CCCCC2(C)C(=O)O)CC1. The summed E-state index contributed by atoms with van der Waals surface area (Å²) in [7, 11) is 0. The predicted molar refractivity (Wildman–Crippen MR) is 76.5 cm³/mol. The van der Waals surface area contributed by atoms with Gasteiger partial charge >= 0.3 is 12.0 Å². The summed E-state index contributed by atoms with van der Waals surface area (Å²) < 4.78 is 0. The van der Waals surface area contributed by atoms with Crippen LogP contribution >= 0.6 is 0 Å². The van der Waals surface area contributed by atoms with Crippen molar-refractivity contribution in [2.45, 2.75) is 58.4 Å². The van der Waals surface area contributed by atoms with Crippen LogP contribution in [0.5, 0.6) is 0 Å². The third kappa shape index (κ3) is 3.07. The van der Waals surface area contributed by atoms with Gasteiger partial charge in [0.05, 0.1) is 5.41 Å². The highest BCUT2D eigenvalue weighted by Crippen LogP contribution is 2.36. The molecule has 0 aromatic heterocycles. The molecule has 2 fully saturated rings. The fourth-order valence-electron chi connectivity index (χ4n) is 3.27.